The molecule has 12 heterocycles. The summed E-state index contributed by atoms with van der Waals surface area (Å²) in [4.78, 5) is 116. The van der Waals surface area contributed by atoms with Crippen molar-refractivity contribution in [1.29, 1.82) is 0 Å². The van der Waals surface area contributed by atoms with E-state index in [-0.39, 0.29) is 57.2 Å². The van der Waals surface area contributed by atoms with Gasteiger partial charge in [0.1, 0.15) is 27.8 Å². The van der Waals surface area contributed by atoms with E-state index in [1.54, 1.807) is 72.9 Å². The third-order valence-corrected chi connectivity index (χ3v) is 26.4. The molecule has 0 saturated heterocycles. The summed E-state index contributed by atoms with van der Waals surface area (Å²) in [6, 6.07) is 49.9. The minimum Gasteiger partial charge on any atom is -0.481 e. The van der Waals surface area contributed by atoms with Gasteiger partial charge in [-0.3, -0.25) is 9.59 Å². The number of nitrogens with one attached hydrogen (secondary N) is 1. The molecule has 1 amide bonds. The number of halogens is 10. The van der Waals surface area contributed by atoms with Crippen LogP contribution in [-0.4, -0.2) is 179 Å². The van der Waals surface area contributed by atoms with Crippen LogP contribution in [0.15, 0.2) is 251 Å². The molecule has 0 spiro atoms. The summed E-state index contributed by atoms with van der Waals surface area (Å²) < 4.78 is 124. The molecule has 0 aliphatic heterocycles. The van der Waals surface area contributed by atoms with Crippen molar-refractivity contribution in [3.05, 3.63) is 341 Å². The SMILES string of the molecule is CCc1c(C(=O)O)cnn1-c1nc(-c2cccc(C(F)(F)F)c2)cs1.Cc1c(C(=O)NCCC(=O)O)cnn1-c1nc(-c2cccc(C(F)(F)F)c2)cs1.Cc1c(C(=O)O)cnn1-c1nc(-c2ccc(-c3ccccc3)cc2)cs1.Cc1c(C(=O)O)cnn1-c1nc(-c2ccc(Cl)cc2)cs1.Cc1c(C(=O)O)cnn1-c1nc(-c2ccccc2)cs1.O=C(O)c1cnn(-c2nc(-c3cccc(C(F)(F)F)c3)cs2)c1C(=O)O. The zero-order valence-corrected chi connectivity index (χ0v) is 81.7. The number of alkyl halides is 9. The molecule has 19 rings (SSSR count). The predicted molar refractivity (Wildman–Crippen MR) is 528 cm³/mol. The maximum Gasteiger partial charge on any atom is 0.416 e. The smallest absolute Gasteiger partial charge is 0.416 e. The molecule has 0 radical (unpaired) electrons. The molecule has 0 saturated carbocycles. The average Bonchev–Trinajstić information content (AvgIpc) is 1.65. The lowest BCUT2D eigenvalue weighted by atomic mass is 10.0. The van der Waals surface area contributed by atoms with Crippen LogP contribution in [0, 0.1) is 27.7 Å². The first kappa shape index (κ1) is 106. The molecule has 0 aliphatic rings. The highest BCUT2D eigenvalue weighted by Gasteiger charge is 2.35. The number of carbonyl (C=O) groups excluding carboxylic acids is 1. The van der Waals surface area contributed by atoms with Crippen LogP contribution < -0.4 is 5.32 Å². The maximum atomic E-state index is 12.9. The van der Waals surface area contributed by atoms with Crippen LogP contribution in [0.25, 0.3) is 109 Å². The van der Waals surface area contributed by atoms with E-state index in [0.29, 0.717) is 88.1 Å². The topological polar surface area (TPSA) is 474 Å². The number of benzene rings is 7. The van der Waals surface area contributed by atoms with Gasteiger partial charge in [-0.05, 0) is 93.8 Å². The minimum absolute atomic E-state index is 0.0160. The third kappa shape index (κ3) is 25.3. The number of aromatic carboxylic acids is 6. The lowest BCUT2D eigenvalue weighted by Gasteiger charge is -2.07. The van der Waals surface area contributed by atoms with E-state index >= 15 is 0 Å². The largest absolute Gasteiger partial charge is 0.481 e. The van der Waals surface area contributed by atoms with Gasteiger partial charge >= 0.3 is 60.3 Å². The number of aliphatic carboxylic acids is 1. The molecule has 750 valence electrons. The number of nitrogens with zero attached hydrogens (tertiary/aromatic N) is 18. The maximum absolute atomic E-state index is 12.9. The molecule has 147 heavy (non-hydrogen) atoms. The van der Waals surface area contributed by atoms with Crippen molar-refractivity contribution in [2.24, 2.45) is 0 Å². The number of amides is 1. The lowest BCUT2D eigenvalue weighted by Crippen LogP contribution is -2.26. The average molecular weight is 2140 g/mol. The first-order chi connectivity index (χ1) is 70.0. The molecular formula is C97H71ClF9N19O15S6. The number of carboxylic acid groups (broad SMARTS) is 7. The Labute approximate surface area is 851 Å². The van der Waals surface area contributed by atoms with Gasteiger partial charge in [-0.2, -0.15) is 74.8 Å². The van der Waals surface area contributed by atoms with Crippen molar-refractivity contribution in [2.45, 2.75) is 66.0 Å². The monoisotopic (exact) mass is 2140 g/mol. The van der Waals surface area contributed by atoms with Crippen LogP contribution in [0.4, 0.5) is 39.5 Å². The zero-order chi connectivity index (χ0) is 106. The summed E-state index contributed by atoms with van der Waals surface area (Å²) in [6.45, 7) is 8.58. The molecule has 12 aromatic heterocycles. The first-order valence-electron chi connectivity index (χ1n) is 42.5. The summed E-state index contributed by atoms with van der Waals surface area (Å²) >= 11 is 13.4. The van der Waals surface area contributed by atoms with E-state index in [1.165, 1.54) is 143 Å². The van der Waals surface area contributed by atoms with Gasteiger partial charge in [0.05, 0.1) is 128 Å². The van der Waals surface area contributed by atoms with Gasteiger partial charge in [-0.25, -0.2) is 82.1 Å². The normalized spacial score (nSPS) is 11.2. The lowest BCUT2D eigenvalue weighted by molar-refractivity contribution is -0.138. The van der Waals surface area contributed by atoms with Crippen molar-refractivity contribution < 1.29 is 114 Å². The molecule has 0 bridgehead atoms. The third-order valence-electron chi connectivity index (χ3n) is 21.2. The second-order valence-corrected chi connectivity index (χ2v) is 36.1. The highest BCUT2D eigenvalue weighted by atomic mass is 35.5. The standard InChI is InChI=1S/C20H15N3O2S.C18H15F3N4O3S.C16H12F3N3O2S.C15H8F3N3O4S.C14H10ClN3O2S.C14H11N3O2S/c1-13-17(19(24)25)11-21-23(13)20-22-18(12-26-20)16-9-7-15(8-10-16)14-5-3-2-4-6-14;1-10-13(16(28)22-6-5-15(26)27)8-23-25(10)17-24-14(9-29-17)11-3-2-4-12(7-11)18(19,20)21;1-2-13-11(14(23)24)7-20-22(13)15-21-12(8-25-15)9-4-3-5-10(6-9)16(17,18)19;16-15(17,18)8-3-1-2-7(4-8)10-6-26-14(20-10)21-11(13(24)25)9(5-19-21)12(22)23;1-8-11(13(19)20)6-16-18(8)14-17-12(7-21-14)9-2-4-10(15)5-3-9;1-9-11(13(18)19)7-15-17(9)14-16-12(8-20-14)10-5-3-2-4-6-10/h2-12H,1H3,(H,24,25);2-4,7-9H,5-6H2,1H3,(H,22,28)(H,26,27);3-8H,2H2,1H3,(H,23,24);1-6H,(H,22,23)(H,24,25);2-7H,1H3,(H,19,20);2-8H,1H3,(H,18,19). The summed E-state index contributed by atoms with van der Waals surface area (Å²) in [5.41, 5.74) is 9.65. The molecule has 34 nitrogen and oxygen atoms in total. The zero-order valence-electron chi connectivity index (χ0n) is 76.0. The molecule has 8 N–H and O–H groups in total. The second-order valence-electron chi connectivity index (χ2n) is 30.7. The van der Waals surface area contributed by atoms with Crippen molar-refractivity contribution in [3.63, 3.8) is 0 Å². The summed E-state index contributed by atoms with van der Waals surface area (Å²) in [6.07, 6.45) is -5.68. The number of thiazole rings is 6. The number of hydrogen-bond acceptors (Lipinski definition) is 26. The van der Waals surface area contributed by atoms with Crippen LogP contribution in [0.2, 0.25) is 5.02 Å². The van der Waals surface area contributed by atoms with Gasteiger partial charge in [0.15, 0.2) is 5.69 Å². The van der Waals surface area contributed by atoms with Crippen LogP contribution in [0.1, 0.15) is 131 Å². The Morgan fingerprint density at radius 1 is 0.313 bits per heavy atom. The summed E-state index contributed by atoms with van der Waals surface area (Å²) in [5, 5.41) is 104. The molecule has 0 fully saturated rings. The second kappa shape index (κ2) is 45.7. The first-order valence-corrected chi connectivity index (χ1v) is 48.2. The van der Waals surface area contributed by atoms with Gasteiger partial charge < -0.3 is 41.1 Å². The molecule has 19 aromatic rings. The fraction of sp³-hybridized carbons (Fsp3) is 0.113. The van der Waals surface area contributed by atoms with Crippen molar-refractivity contribution in [2.75, 3.05) is 6.54 Å². The Morgan fingerprint density at radius 3 is 0.905 bits per heavy atom. The van der Waals surface area contributed by atoms with Gasteiger partial charge in [0, 0.05) is 77.2 Å². The molecule has 0 unspecified atom stereocenters. The Bertz CT molecular complexity index is 8040. The van der Waals surface area contributed by atoms with Crippen molar-refractivity contribution in [1.82, 2.24) is 93.9 Å². The number of carbonyl (C=O) groups is 8. The fourth-order valence-electron chi connectivity index (χ4n) is 13.8. The van der Waals surface area contributed by atoms with Crippen LogP contribution >= 0.6 is 79.6 Å². The Balaban J connectivity index is 0.000000140. The Morgan fingerprint density at radius 2 is 0.578 bits per heavy atom. The van der Waals surface area contributed by atoms with Crippen LogP contribution in [0.5, 0.6) is 0 Å². The minimum atomic E-state index is -4.51. The van der Waals surface area contributed by atoms with Gasteiger partial charge in [0.25, 0.3) is 5.91 Å². The van der Waals surface area contributed by atoms with Gasteiger partial charge in [0.2, 0.25) is 30.8 Å². The van der Waals surface area contributed by atoms with E-state index in [2.05, 4.69) is 90.1 Å². The van der Waals surface area contributed by atoms with E-state index < -0.39 is 94.2 Å². The van der Waals surface area contributed by atoms with Crippen molar-refractivity contribution in [3.8, 4) is 109 Å². The summed E-state index contributed by atoms with van der Waals surface area (Å²) in [7, 11) is 0. The molecule has 0 atom stereocenters. The van der Waals surface area contributed by atoms with E-state index in [9.17, 15) is 88.1 Å². The summed E-state index contributed by atoms with van der Waals surface area (Å²) in [5.74, 6) is -8.52. The number of carboxylic acids is 7. The molecule has 50 heteroatoms. The fourth-order valence-corrected chi connectivity index (χ4v) is 18.9. The molecular weight excluding hydrogens is 2070 g/mol. The number of rotatable bonds is 24. The van der Waals surface area contributed by atoms with E-state index in [4.69, 9.17) is 37.1 Å². The molecule has 7 aromatic carbocycles. The number of hydrogen-bond donors (Lipinski definition) is 8. The Kier molecular flexibility index (Phi) is 32.9. The van der Waals surface area contributed by atoms with Gasteiger partial charge in [-0.1, -0.05) is 152 Å². The van der Waals surface area contributed by atoms with E-state index in [0.717, 1.165) is 97.9 Å². The predicted octanol–water partition coefficient (Wildman–Crippen LogP) is 22.5. The highest BCUT2D eigenvalue weighted by molar-refractivity contribution is 7.14. The number of aromatic nitrogens is 18. The Hall–Kier alpha value is -17.0. The van der Waals surface area contributed by atoms with Gasteiger partial charge in [-0.15, -0.1) is 68.0 Å². The highest BCUT2D eigenvalue weighted by Crippen LogP contribution is 2.39. The quantitative estimate of drug-likeness (QED) is 0.0260. The van der Waals surface area contributed by atoms with Crippen LogP contribution in [-0.2, 0) is 29.7 Å². The van der Waals surface area contributed by atoms with Crippen molar-refractivity contribution >= 4 is 127 Å². The van der Waals surface area contributed by atoms with Crippen LogP contribution in [0.3, 0.4) is 0 Å². The van der Waals surface area contributed by atoms with E-state index in [1.807, 2.05) is 88.9 Å². The molecule has 0 aliphatic carbocycles.